The Hall–Kier alpha value is -2.32. The summed E-state index contributed by atoms with van der Waals surface area (Å²) < 4.78 is 16.0. The predicted molar refractivity (Wildman–Crippen MR) is 101 cm³/mol. The molecule has 0 radical (unpaired) electrons. The molecule has 8 heteroatoms. The van der Waals surface area contributed by atoms with Gasteiger partial charge in [-0.2, -0.15) is 0 Å². The van der Waals surface area contributed by atoms with Gasteiger partial charge in [0, 0.05) is 33.1 Å². The lowest BCUT2D eigenvalue weighted by Gasteiger charge is -2.29. The van der Waals surface area contributed by atoms with E-state index in [4.69, 9.17) is 14.2 Å². The minimum atomic E-state index is -0.189. The minimum Gasteiger partial charge on any atom is -0.497 e. The summed E-state index contributed by atoms with van der Waals surface area (Å²) in [4.78, 5) is 27.7. The molecular formula is C19H29N3O5. The fourth-order valence-corrected chi connectivity index (χ4v) is 2.70. The van der Waals surface area contributed by atoms with Crippen molar-refractivity contribution in [2.75, 3.05) is 66.2 Å². The summed E-state index contributed by atoms with van der Waals surface area (Å²) in [7, 11) is 1.61. The molecule has 1 saturated heterocycles. The topological polar surface area (TPSA) is 80.3 Å². The van der Waals surface area contributed by atoms with Crippen LogP contribution in [0.25, 0.3) is 0 Å². The number of nitrogens with one attached hydrogen (secondary N) is 1. The number of nitrogens with zero attached hydrogens (tertiary/aromatic N) is 2. The highest BCUT2D eigenvalue weighted by Gasteiger charge is 2.16. The van der Waals surface area contributed by atoms with Gasteiger partial charge in [0.05, 0.1) is 33.4 Å². The maximum atomic E-state index is 12.1. The molecule has 150 valence electrons. The van der Waals surface area contributed by atoms with Crippen LogP contribution in [0.3, 0.4) is 0 Å². The van der Waals surface area contributed by atoms with Gasteiger partial charge in [-0.25, -0.2) is 0 Å². The highest BCUT2D eigenvalue weighted by atomic mass is 16.5. The van der Waals surface area contributed by atoms with E-state index in [9.17, 15) is 9.59 Å². The van der Waals surface area contributed by atoms with Crippen LogP contribution < -0.4 is 14.8 Å². The van der Waals surface area contributed by atoms with Gasteiger partial charge >= 0.3 is 0 Å². The van der Waals surface area contributed by atoms with Crippen LogP contribution in [0.15, 0.2) is 24.3 Å². The molecule has 1 aliphatic heterocycles. The third-order valence-corrected chi connectivity index (χ3v) is 4.32. The van der Waals surface area contributed by atoms with Gasteiger partial charge in [-0.05, 0) is 24.3 Å². The van der Waals surface area contributed by atoms with Gasteiger partial charge in [-0.15, -0.1) is 0 Å². The lowest BCUT2D eigenvalue weighted by atomic mass is 10.3. The van der Waals surface area contributed by atoms with E-state index in [1.165, 1.54) is 6.92 Å². The molecule has 1 aromatic carbocycles. The Morgan fingerprint density at radius 3 is 2.48 bits per heavy atom. The average Bonchev–Trinajstić information content (AvgIpc) is 2.69. The first-order valence-corrected chi connectivity index (χ1v) is 9.17. The van der Waals surface area contributed by atoms with Crippen molar-refractivity contribution in [2.45, 2.75) is 6.92 Å². The maximum Gasteiger partial charge on any atom is 0.239 e. The van der Waals surface area contributed by atoms with Crippen LogP contribution in [0.1, 0.15) is 6.92 Å². The van der Waals surface area contributed by atoms with E-state index >= 15 is 0 Å². The number of morpholine rings is 1. The van der Waals surface area contributed by atoms with Crippen molar-refractivity contribution in [2.24, 2.45) is 0 Å². The number of carbonyl (C=O) groups is 2. The Kier molecular flexibility index (Phi) is 8.86. The van der Waals surface area contributed by atoms with E-state index in [0.29, 0.717) is 25.4 Å². The second-order valence-electron chi connectivity index (χ2n) is 6.27. The first-order valence-electron chi connectivity index (χ1n) is 9.17. The summed E-state index contributed by atoms with van der Waals surface area (Å²) >= 11 is 0. The lowest BCUT2D eigenvalue weighted by molar-refractivity contribution is -0.134. The molecule has 1 N–H and O–H groups in total. The molecule has 2 rings (SSSR count). The number of carbonyl (C=O) groups excluding carboxylic acids is 2. The van der Waals surface area contributed by atoms with Crippen molar-refractivity contribution in [3.63, 3.8) is 0 Å². The SMILES string of the molecule is COc1ccc(OCCNC(=O)CN(CCN2CCOCC2)C(C)=O)cc1. The summed E-state index contributed by atoms with van der Waals surface area (Å²) in [5, 5.41) is 2.78. The van der Waals surface area contributed by atoms with Crippen molar-refractivity contribution in [1.29, 1.82) is 0 Å². The molecule has 1 aromatic rings. The van der Waals surface area contributed by atoms with Gasteiger partial charge in [0.2, 0.25) is 11.8 Å². The fourth-order valence-electron chi connectivity index (χ4n) is 2.70. The highest BCUT2D eigenvalue weighted by Crippen LogP contribution is 2.16. The minimum absolute atomic E-state index is 0.0577. The first-order chi connectivity index (χ1) is 13.1. The van der Waals surface area contributed by atoms with Crippen LogP contribution >= 0.6 is 0 Å². The van der Waals surface area contributed by atoms with Crippen LogP contribution in [-0.4, -0.2) is 87.8 Å². The molecule has 0 spiro atoms. The van der Waals surface area contributed by atoms with Crippen LogP contribution in [0.4, 0.5) is 0 Å². The van der Waals surface area contributed by atoms with Crippen molar-refractivity contribution >= 4 is 11.8 Å². The number of ether oxygens (including phenoxy) is 3. The summed E-state index contributed by atoms with van der Waals surface area (Å²) in [6, 6.07) is 7.24. The first kappa shape index (κ1) is 21.0. The number of hydrogen-bond acceptors (Lipinski definition) is 6. The molecule has 1 aliphatic rings. The Labute approximate surface area is 160 Å². The molecule has 27 heavy (non-hydrogen) atoms. The van der Waals surface area contributed by atoms with Crippen LogP contribution in [-0.2, 0) is 14.3 Å². The number of hydrogen-bond donors (Lipinski definition) is 1. The van der Waals surface area contributed by atoms with Crippen LogP contribution in [0.2, 0.25) is 0 Å². The molecule has 2 amide bonds. The smallest absolute Gasteiger partial charge is 0.239 e. The van der Waals surface area contributed by atoms with Gasteiger partial charge in [-0.3, -0.25) is 14.5 Å². The Bertz CT molecular complexity index is 588. The zero-order chi connectivity index (χ0) is 19.5. The van der Waals surface area contributed by atoms with Gasteiger partial charge in [0.1, 0.15) is 18.1 Å². The van der Waals surface area contributed by atoms with E-state index < -0.39 is 0 Å². The summed E-state index contributed by atoms with van der Waals surface area (Å²) in [5.74, 6) is 1.18. The van der Waals surface area contributed by atoms with Gasteiger partial charge < -0.3 is 24.4 Å². The van der Waals surface area contributed by atoms with Crippen molar-refractivity contribution < 1.29 is 23.8 Å². The molecule has 0 bridgehead atoms. The molecule has 0 unspecified atom stereocenters. The molecule has 0 aromatic heterocycles. The standard InChI is InChI=1S/C19H29N3O5/c1-16(23)22(9-8-21-10-13-26-14-11-21)15-19(24)20-7-12-27-18-5-3-17(25-2)4-6-18/h3-6H,7-15H2,1-2H3,(H,20,24). The zero-order valence-electron chi connectivity index (χ0n) is 16.1. The van der Waals surface area contributed by atoms with E-state index in [1.807, 2.05) is 24.3 Å². The predicted octanol–water partition coefficient (Wildman–Crippen LogP) is 0.371. The second-order valence-corrected chi connectivity index (χ2v) is 6.27. The lowest BCUT2D eigenvalue weighted by Crippen LogP contribution is -2.46. The number of rotatable bonds is 10. The van der Waals surface area contributed by atoms with Crippen molar-refractivity contribution in [1.82, 2.24) is 15.1 Å². The van der Waals surface area contributed by atoms with Gasteiger partial charge in [0.25, 0.3) is 0 Å². The molecule has 0 atom stereocenters. The Morgan fingerprint density at radius 1 is 1.19 bits per heavy atom. The molecular weight excluding hydrogens is 350 g/mol. The Morgan fingerprint density at radius 2 is 1.85 bits per heavy atom. The van der Waals surface area contributed by atoms with Crippen molar-refractivity contribution in [3.8, 4) is 11.5 Å². The van der Waals surface area contributed by atoms with Crippen LogP contribution in [0, 0.1) is 0 Å². The second kappa shape index (κ2) is 11.4. The van der Waals surface area contributed by atoms with Crippen LogP contribution in [0.5, 0.6) is 11.5 Å². The van der Waals surface area contributed by atoms with Gasteiger partial charge in [-0.1, -0.05) is 0 Å². The summed E-state index contributed by atoms with van der Waals surface area (Å²) in [5.41, 5.74) is 0. The van der Waals surface area contributed by atoms with Crippen molar-refractivity contribution in [3.05, 3.63) is 24.3 Å². The molecule has 0 aliphatic carbocycles. The zero-order valence-corrected chi connectivity index (χ0v) is 16.1. The molecule has 0 saturated carbocycles. The molecule has 1 heterocycles. The van der Waals surface area contributed by atoms with E-state index in [2.05, 4.69) is 10.2 Å². The largest absolute Gasteiger partial charge is 0.497 e. The average molecular weight is 379 g/mol. The normalized spacial score (nSPS) is 14.4. The number of benzene rings is 1. The van der Waals surface area contributed by atoms with E-state index in [0.717, 1.165) is 38.6 Å². The van der Waals surface area contributed by atoms with Gasteiger partial charge in [0.15, 0.2) is 0 Å². The molecule has 1 fully saturated rings. The Balaban J connectivity index is 1.64. The van der Waals surface area contributed by atoms with E-state index in [1.54, 1.807) is 12.0 Å². The summed E-state index contributed by atoms with van der Waals surface area (Å²) in [6.45, 7) is 6.71. The number of methoxy groups -OCH3 is 1. The third-order valence-electron chi connectivity index (χ3n) is 4.32. The summed E-state index contributed by atoms with van der Waals surface area (Å²) in [6.07, 6.45) is 0. The van der Waals surface area contributed by atoms with E-state index in [-0.39, 0.29) is 18.4 Å². The molecule has 8 nitrogen and oxygen atoms in total. The fraction of sp³-hybridized carbons (Fsp3) is 0.579. The number of amides is 2. The highest BCUT2D eigenvalue weighted by molar-refractivity contribution is 5.83. The monoisotopic (exact) mass is 379 g/mol. The third kappa shape index (κ3) is 7.84. The maximum absolute atomic E-state index is 12.1. The quantitative estimate of drug-likeness (QED) is 0.592.